The Morgan fingerprint density at radius 1 is 1.22 bits per heavy atom. The maximum absolute atomic E-state index is 5.91. The summed E-state index contributed by atoms with van der Waals surface area (Å²) >= 11 is 0. The van der Waals surface area contributed by atoms with Gasteiger partial charge in [0, 0.05) is 24.7 Å². The lowest BCUT2D eigenvalue weighted by molar-refractivity contribution is -0.0761. The van der Waals surface area contributed by atoms with E-state index in [4.69, 9.17) is 4.74 Å². The Kier molecular flexibility index (Phi) is 3.92. The van der Waals surface area contributed by atoms with Gasteiger partial charge in [0.05, 0.1) is 12.7 Å². The fourth-order valence-electron chi connectivity index (χ4n) is 3.60. The first-order valence-electron chi connectivity index (χ1n) is 7.86. The highest BCUT2D eigenvalue weighted by atomic mass is 16.5. The van der Waals surface area contributed by atoms with Crippen LogP contribution in [0.5, 0.6) is 0 Å². The Morgan fingerprint density at radius 3 is 2.83 bits per heavy atom. The summed E-state index contributed by atoms with van der Waals surface area (Å²) in [5.41, 5.74) is 0. The fourth-order valence-corrected chi connectivity index (χ4v) is 3.60. The van der Waals surface area contributed by atoms with Crippen LogP contribution in [0, 0.1) is 5.92 Å². The molecule has 3 aliphatic rings. The molecule has 1 saturated heterocycles. The maximum Gasteiger partial charge on any atom is 0.0731 e. The van der Waals surface area contributed by atoms with Crippen molar-refractivity contribution in [1.29, 1.82) is 0 Å². The van der Waals surface area contributed by atoms with Gasteiger partial charge in [0.2, 0.25) is 0 Å². The molecule has 3 nitrogen and oxygen atoms in total. The van der Waals surface area contributed by atoms with Gasteiger partial charge < -0.3 is 10.1 Å². The highest BCUT2D eigenvalue weighted by molar-refractivity contribution is 4.93. The molecule has 1 aliphatic heterocycles. The molecule has 4 unspecified atom stereocenters. The Hall–Kier alpha value is -0.120. The van der Waals surface area contributed by atoms with E-state index in [0.717, 1.165) is 25.1 Å². The van der Waals surface area contributed by atoms with Crippen LogP contribution in [-0.4, -0.2) is 48.8 Å². The van der Waals surface area contributed by atoms with E-state index in [-0.39, 0.29) is 0 Å². The summed E-state index contributed by atoms with van der Waals surface area (Å²) in [6, 6.07) is 2.23. The van der Waals surface area contributed by atoms with Crippen LogP contribution >= 0.6 is 0 Å². The summed E-state index contributed by atoms with van der Waals surface area (Å²) in [4.78, 5) is 2.74. The third-order valence-electron chi connectivity index (χ3n) is 5.18. The van der Waals surface area contributed by atoms with E-state index in [2.05, 4.69) is 24.1 Å². The summed E-state index contributed by atoms with van der Waals surface area (Å²) in [6.07, 6.45) is 7.30. The molecule has 18 heavy (non-hydrogen) atoms. The minimum absolute atomic E-state index is 0.532. The van der Waals surface area contributed by atoms with E-state index in [9.17, 15) is 0 Å². The van der Waals surface area contributed by atoms with Gasteiger partial charge in [-0.25, -0.2) is 0 Å². The normalized spacial score (nSPS) is 36.3. The molecule has 1 heterocycles. The second kappa shape index (κ2) is 5.48. The predicted molar refractivity (Wildman–Crippen MR) is 73.7 cm³/mol. The average molecular weight is 252 g/mol. The number of hydrogen-bond donors (Lipinski definition) is 1. The van der Waals surface area contributed by atoms with Gasteiger partial charge in [-0.2, -0.15) is 0 Å². The summed E-state index contributed by atoms with van der Waals surface area (Å²) < 4.78 is 5.91. The Labute approximate surface area is 111 Å². The van der Waals surface area contributed by atoms with Crippen LogP contribution < -0.4 is 5.32 Å². The highest BCUT2D eigenvalue weighted by Crippen LogP contribution is 2.32. The first-order chi connectivity index (χ1) is 8.75. The van der Waals surface area contributed by atoms with Gasteiger partial charge in [-0.3, -0.25) is 4.90 Å². The van der Waals surface area contributed by atoms with Crippen molar-refractivity contribution in [2.45, 2.75) is 70.2 Å². The second-order valence-corrected chi connectivity index (χ2v) is 6.55. The standard InChI is InChI=1S/C15H28N2O/c1-11(10-16-13-6-7-13)12(2)17-8-9-18-15-5-3-4-14(15)17/h11-16H,3-10H2,1-2H3. The monoisotopic (exact) mass is 252 g/mol. The van der Waals surface area contributed by atoms with Gasteiger partial charge in [-0.1, -0.05) is 6.92 Å². The van der Waals surface area contributed by atoms with E-state index < -0.39 is 0 Å². The zero-order valence-electron chi connectivity index (χ0n) is 11.9. The molecule has 4 atom stereocenters. The van der Waals surface area contributed by atoms with Gasteiger partial charge in [-0.05, 0) is 51.5 Å². The smallest absolute Gasteiger partial charge is 0.0731 e. The van der Waals surface area contributed by atoms with Crippen molar-refractivity contribution in [2.75, 3.05) is 19.7 Å². The molecule has 3 fully saturated rings. The quantitative estimate of drug-likeness (QED) is 0.810. The first-order valence-corrected chi connectivity index (χ1v) is 7.86. The predicted octanol–water partition coefficient (Wildman–Crippen LogP) is 2.02. The molecule has 0 spiro atoms. The minimum atomic E-state index is 0.532. The molecular formula is C15H28N2O. The lowest BCUT2D eigenvalue weighted by atomic mass is 9.98. The van der Waals surface area contributed by atoms with Crippen LogP contribution in [0.2, 0.25) is 0 Å². The van der Waals surface area contributed by atoms with Gasteiger partial charge in [0.1, 0.15) is 0 Å². The number of nitrogens with zero attached hydrogens (tertiary/aromatic N) is 1. The minimum Gasteiger partial charge on any atom is -0.375 e. The third-order valence-corrected chi connectivity index (χ3v) is 5.18. The van der Waals surface area contributed by atoms with E-state index >= 15 is 0 Å². The average Bonchev–Trinajstić information content (AvgIpc) is 3.09. The number of nitrogens with one attached hydrogen (secondary N) is 1. The third kappa shape index (κ3) is 2.73. The highest BCUT2D eigenvalue weighted by Gasteiger charge is 2.39. The van der Waals surface area contributed by atoms with Gasteiger partial charge in [0.25, 0.3) is 0 Å². The van der Waals surface area contributed by atoms with Gasteiger partial charge in [-0.15, -0.1) is 0 Å². The van der Waals surface area contributed by atoms with Crippen molar-refractivity contribution in [3.05, 3.63) is 0 Å². The SMILES string of the molecule is CC(CNC1CC1)C(C)N1CCOC2CCCC21. The molecule has 0 aromatic carbocycles. The summed E-state index contributed by atoms with van der Waals surface area (Å²) in [6.45, 7) is 8.07. The zero-order chi connectivity index (χ0) is 12.5. The van der Waals surface area contributed by atoms with Crippen LogP contribution in [0.25, 0.3) is 0 Å². The molecule has 2 saturated carbocycles. The number of hydrogen-bond acceptors (Lipinski definition) is 3. The second-order valence-electron chi connectivity index (χ2n) is 6.55. The molecule has 0 amide bonds. The molecule has 1 N–H and O–H groups in total. The fraction of sp³-hybridized carbons (Fsp3) is 1.00. The maximum atomic E-state index is 5.91. The molecular weight excluding hydrogens is 224 g/mol. The van der Waals surface area contributed by atoms with E-state index in [1.165, 1.54) is 38.6 Å². The molecule has 0 radical (unpaired) electrons. The Morgan fingerprint density at radius 2 is 2.06 bits per heavy atom. The number of ether oxygens (including phenoxy) is 1. The van der Waals surface area contributed by atoms with Crippen LogP contribution in [0.3, 0.4) is 0 Å². The molecule has 0 aromatic heterocycles. The Balaban J connectivity index is 1.54. The molecule has 2 aliphatic carbocycles. The van der Waals surface area contributed by atoms with Crippen LogP contribution in [0.15, 0.2) is 0 Å². The Bertz CT molecular complexity index is 280. The van der Waals surface area contributed by atoms with E-state index in [1.807, 2.05) is 0 Å². The van der Waals surface area contributed by atoms with Crippen molar-refractivity contribution in [3.63, 3.8) is 0 Å². The molecule has 0 bridgehead atoms. The first kappa shape index (κ1) is 12.9. The van der Waals surface area contributed by atoms with E-state index in [0.29, 0.717) is 18.2 Å². The van der Waals surface area contributed by atoms with Crippen LogP contribution in [0.1, 0.15) is 46.0 Å². The molecule has 0 aromatic rings. The topological polar surface area (TPSA) is 24.5 Å². The number of morpholine rings is 1. The lowest BCUT2D eigenvalue weighted by Gasteiger charge is -2.43. The lowest BCUT2D eigenvalue weighted by Crippen LogP contribution is -2.54. The van der Waals surface area contributed by atoms with Gasteiger partial charge in [0.15, 0.2) is 0 Å². The van der Waals surface area contributed by atoms with Crippen molar-refractivity contribution in [3.8, 4) is 0 Å². The summed E-state index contributed by atoms with van der Waals surface area (Å²) in [7, 11) is 0. The summed E-state index contributed by atoms with van der Waals surface area (Å²) in [5.74, 6) is 0.741. The van der Waals surface area contributed by atoms with Crippen molar-refractivity contribution in [2.24, 2.45) is 5.92 Å². The molecule has 3 heteroatoms. The molecule has 3 rings (SSSR count). The zero-order valence-corrected chi connectivity index (χ0v) is 11.9. The van der Waals surface area contributed by atoms with Crippen molar-refractivity contribution < 1.29 is 4.74 Å². The van der Waals surface area contributed by atoms with Crippen LogP contribution in [-0.2, 0) is 4.74 Å². The van der Waals surface area contributed by atoms with Crippen molar-refractivity contribution in [1.82, 2.24) is 10.2 Å². The van der Waals surface area contributed by atoms with Crippen LogP contribution in [0.4, 0.5) is 0 Å². The van der Waals surface area contributed by atoms with E-state index in [1.54, 1.807) is 0 Å². The summed E-state index contributed by atoms with van der Waals surface area (Å²) in [5, 5.41) is 3.68. The number of rotatable bonds is 5. The molecule has 104 valence electrons. The number of fused-ring (bicyclic) bond motifs is 1. The van der Waals surface area contributed by atoms with Gasteiger partial charge >= 0.3 is 0 Å². The van der Waals surface area contributed by atoms with Crippen molar-refractivity contribution >= 4 is 0 Å². The largest absolute Gasteiger partial charge is 0.375 e.